The molecule has 0 aliphatic carbocycles. The molecule has 0 bridgehead atoms. The standard InChI is InChI=1S/C9H18Br2/c1-4-5-9(6-10,7-11)8(2)3/h8H,4-7H2,1-3H3. The maximum absolute atomic E-state index is 3.60. The van der Waals surface area contributed by atoms with Crippen LogP contribution in [0.1, 0.15) is 33.6 Å². The van der Waals surface area contributed by atoms with Crippen LogP contribution in [0.25, 0.3) is 0 Å². The van der Waals surface area contributed by atoms with Crippen molar-refractivity contribution in [3.05, 3.63) is 0 Å². The van der Waals surface area contributed by atoms with Gasteiger partial charge in [0.15, 0.2) is 0 Å². The summed E-state index contributed by atoms with van der Waals surface area (Å²) in [6.45, 7) is 6.86. The Labute approximate surface area is 87.4 Å². The van der Waals surface area contributed by atoms with Gasteiger partial charge in [0.25, 0.3) is 0 Å². The van der Waals surface area contributed by atoms with Gasteiger partial charge in [-0.1, -0.05) is 59.1 Å². The van der Waals surface area contributed by atoms with Gasteiger partial charge in [0.2, 0.25) is 0 Å². The van der Waals surface area contributed by atoms with E-state index in [1.807, 2.05) is 0 Å². The van der Waals surface area contributed by atoms with Crippen LogP contribution in [-0.2, 0) is 0 Å². The predicted octanol–water partition coefficient (Wildman–Crippen LogP) is 4.22. The zero-order valence-corrected chi connectivity index (χ0v) is 10.8. The molecule has 0 aromatic heterocycles. The number of alkyl halides is 2. The van der Waals surface area contributed by atoms with Crippen LogP contribution >= 0.6 is 31.9 Å². The summed E-state index contributed by atoms with van der Waals surface area (Å²) in [6.07, 6.45) is 2.58. The summed E-state index contributed by atoms with van der Waals surface area (Å²) < 4.78 is 0. The Bertz CT molecular complexity index is 95.7. The minimum absolute atomic E-state index is 0.467. The molecule has 0 saturated carbocycles. The van der Waals surface area contributed by atoms with Crippen molar-refractivity contribution in [3.63, 3.8) is 0 Å². The summed E-state index contributed by atoms with van der Waals surface area (Å²) in [6, 6.07) is 0. The fourth-order valence-corrected chi connectivity index (χ4v) is 4.05. The van der Waals surface area contributed by atoms with Crippen LogP contribution in [0.3, 0.4) is 0 Å². The van der Waals surface area contributed by atoms with E-state index in [9.17, 15) is 0 Å². The van der Waals surface area contributed by atoms with E-state index in [1.54, 1.807) is 0 Å². The van der Waals surface area contributed by atoms with Gasteiger partial charge in [-0.25, -0.2) is 0 Å². The predicted molar refractivity (Wildman–Crippen MR) is 59.8 cm³/mol. The highest BCUT2D eigenvalue weighted by Crippen LogP contribution is 2.36. The van der Waals surface area contributed by atoms with E-state index >= 15 is 0 Å². The lowest BCUT2D eigenvalue weighted by Crippen LogP contribution is -2.30. The lowest BCUT2D eigenvalue weighted by atomic mass is 9.77. The van der Waals surface area contributed by atoms with Gasteiger partial charge in [-0.2, -0.15) is 0 Å². The Balaban J connectivity index is 4.20. The van der Waals surface area contributed by atoms with Crippen molar-refractivity contribution in [1.82, 2.24) is 0 Å². The first-order valence-electron chi connectivity index (χ1n) is 4.25. The Morgan fingerprint density at radius 2 is 1.64 bits per heavy atom. The first-order chi connectivity index (χ1) is 5.13. The van der Waals surface area contributed by atoms with Crippen molar-refractivity contribution in [3.8, 4) is 0 Å². The zero-order chi connectivity index (χ0) is 8.91. The van der Waals surface area contributed by atoms with Crippen LogP contribution in [0.5, 0.6) is 0 Å². The second-order valence-electron chi connectivity index (χ2n) is 3.53. The first-order valence-corrected chi connectivity index (χ1v) is 6.49. The van der Waals surface area contributed by atoms with E-state index in [2.05, 4.69) is 52.6 Å². The van der Waals surface area contributed by atoms with E-state index in [0.29, 0.717) is 5.41 Å². The molecular weight excluding hydrogens is 268 g/mol. The minimum Gasteiger partial charge on any atom is -0.0922 e. The fraction of sp³-hybridized carbons (Fsp3) is 1.00. The van der Waals surface area contributed by atoms with E-state index in [0.717, 1.165) is 16.6 Å². The van der Waals surface area contributed by atoms with Gasteiger partial charge in [0, 0.05) is 10.7 Å². The first kappa shape index (κ1) is 12.0. The maximum Gasteiger partial charge on any atom is 0.00984 e. The molecule has 0 amide bonds. The molecule has 0 fully saturated rings. The highest BCUT2D eigenvalue weighted by atomic mass is 79.9. The molecule has 11 heavy (non-hydrogen) atoms. The quantitative estimate of drug-likeness (QED) is 0.664. The molecule has 0 aliphatic heterocycles. The molecule has 68 valence electrons. The summed E-state index contributed by atoms with van der Waals surface area (Å²) in [5, 5.41) is 2.22. The number of hydrogen-bond acceptors (Lipinski definition) is 0. The van der Waals surface area contributed by atoms with Crippen molar-refractivity contribution < 1.29 is 0 Å². The van der Waals surface area contributed by atoms with Crippen molar-refractivity contribution in [2.24, 2.45) is 11.3 Å². The van der Waals surface area contributed by atoms with Gasteiger partial charge in [-0.05, 0) is 17.8 Å². The molecule has 0 nitrogen and oxygen atoms in total. The van der Waals surface area contributed by atoms with Crippen LogP contribution in [0.4, 0.5) is 0 Å². The molecule has 2 heteroatoms. The van der Waals surface area contributed by atoms with Crippen LogP contribution in [0.2, 0.25) is 0 Å². The van der Waals surface area contributed by atoms with Crippen molar-refractivity contribution in [2.75, 3.05) is 10.7 Å². The highest BCUT2D eigenvalue weighted by Gasteiger charge is 2.30. The summed E-state index contributed by atoms with van der Waals surface area (Å²) in [5.74, 6) is 0.751. The van der Waals surface area contributed by atoms with Gasteiger partial charge in [0.1, 0.15) is 0 Å². The monoisotopic (exact) mass is 284 g/mol. The van der Waals surface area contributed by atoms with Gasteiger partial charge >= 0.3 is 0 Å². The van der Waals surface area contributed by atoms with Gasteiger partial charge in [-0.3, -0.25) is 0 Å². The van der Waals surface area contributed by atoms with Crippen LogP contribution < -0.4 is 0 Å². The Morgan fingerprint density at radius 1 is 1.18 bits per heavy atom. The third-order valence-electron chi connectivity index (χ3n) is 2.50. The highest BCUT2D eigenvalue weighted by molar-refractivity contribution is 9.09. The molecule has 0 unspecified atom stereocenters. The largest absolute Gasteiger partial charge is 0.0922 e. The SMILES string of the molecule is CCCC(CBr)(CBr)C(C)C. The Kier molecular flexibility index (Phi) is 6.07. The third kappa shape index (κ3) is 3.06. The zero-order valence-electron chi connectivity index (χ0n) is 7.66. The summed E-state index contributed by atoms with van der Waals surface area (Å²) in [5.41, 5.74) is 0.467. The minimum atomic E-state index is 0.467. The summed E-state index contributed by atoms with van der Waals surface area (Å²) in [7, 11) is 0. The van der Waals surface area contributed by atoms with Crippen LogP contribution in [-0.4, -0.2) is 10.7 Å². The van der Waals surface area contributed by atoms with Crippen LogP contribution in [0.15, 0.2) is 0 Å². The van der Waals surface area contributed by atoms with Gasteiger partial charge in [-0.15, -0.1) is 0 Å². The topological polar surface area (TPSA) is 0 Å². The molecule has 0 radical (unpaired) electrons. The average Bonchev–Trinajstić information content (AvgIpc) is 2.00. The van der Waals surface area contributed by atoms with Gasteiger partial charge < -0.3 is 0 Å². The average molecular weight is 286 g/mol. The summed E-state index contributed by atoms with van der Waals surface area (Å²) in [4.78, 5) is 0. The number of hydrogen-bond donors (Lipinski definition) is 0. The molecule has 0 aromatic rings. The second-order valence-corrected chi connectivity index (χ2v) is 4.66. The van der Waals surface area contributed by atoms with E-state index in [4.69, 9.17) is 0 Å². The smallest absolute Gasteiger partial charge is 0.00984 e. The molecular formula is C9H18Br2. The second kappa shape index (κ2) is 5.58. The molecule has 0 rings (SSSR count). The molecule has 0 aliphatic rings. The lowest BCUT2D eigenvalue weighted by Gasteiger charge is -2.34. The Hall–Kier alpha value is 0.960. The normalized spacial score (nSPS) is 12.5. The fourth-order valence-electron chi connectivity index (χ4n) is 1.26. The number of halogens is 2. The van der Waals surface area contributed by atoms with E-state index < -0.39 is 0 Å². The van der Waals surface area contributed by atoms with Crippen molar-refractivity contribution in [1.29, 1.82) is 0 Å². The molecule has 0 N–H and O–H groups in total. The Morgan fingerprint density at radius 3 is 1.73 bits per heavy atom. The lowest BCUT2D eigenvalue weighted by molar-refractivity contribution is 0.246. The molecule has 0 aromatic carbocycles. The van der Waals surface area contributed by atoms with Crippen molar-refractivity contribution in [2.45, 2.75) is 33.6 Å². The van der Waals surface area contributed by atoms with Crippen LogP contribution in [0, 0.1) is 11.3 Å². The molecule has 0 saturated heterocycles. The van der Waals surface area contributed by atoms with Crippen molar-refractivity contribution >= 4 is 31.9 Å². The molecule has 0 heterocycles. The van der Waals surface area contributed by atoms with E-state index in [1.165, 1.54) is 12.8 Å². The summed E-state index contributed by atoms with van der Waals surface area (Å²) >= 11 is 7.21. The molecule has 0 spiro atoms. The molecule has 0 atom stereocenters. The van der Waals surface area contributed by atoms with E-state index in [-0.39, 0.29) is 0 Å². The maximum atomic E-state index is 3.60. The third-order valence-corrected chi connectivity index (χ3v) is 4.74. The van der Waals surface area contributed by atoms with Gasteiger partial charge in [0.05, 0.1) is 0 Å². The number of rotatable bonds is 5.